The molecule has 0 aliphatic heterocycles. The number of carbonyl (C=O) groups excluding carboxylic acids is 1. The summed E-state index contributed by atoms with van der Waals surface area (Å²) in [4.78, 5) is 11.4. The summed E-state index contributed by atoms with van der Waals surface area (Å²) in [5.41, 5.74) is -2.20. The molecular weight excluding hydrogens is 224 g/mol. The van der Waals surface area contributed by atoms with Gasteiger partial charge in [0.25, 0.3) is 0 Å². The normalized spacial score (nSPS) is 11.0. The molecule has 5 heteroatoms. The van der Waals surface area contributed by atoms with Crippen LogP contribution in [0.3, 0.4) is 0 Å². The van der Waals surface area contributed by atoms with Gasteiger partial charge in [-0.3, -0.25) is 4.79 Å². The number of carbonyl (C=O) groups is 1. The van der Waals surface area contributed by atoms with Crippen LogP contribution in [0.15, 0.2) is 0 Å². The molecule has 0 unspecified atom stereocenters. The first kappa shape index (κ1) is 12.7. The van der Waals surface area contributed by atoms with Crippen molar-refractivity contribution < 1.29 is 22.4 Å². The first-order valence-electron chi connectivity index (χ1n) is 4.51. The van der Waals surface area contributed by atoms with Crippen LogP contribution in [0.25, 0.3) is 0 Å². The zero-order valence-electron chi connectivity index (χ0n) is 8.70. The fourth-order valence-corrected chi connectivity index (χ4v) is 1.18. The largest absolute Gasteiger partial charge is 0.294 e. The molecule has 0 saturated carbocycles. The average molecular weight is 233 g/mol. The number of rotatable bonds is 2. The molecule has 16 heavy (non-hydrogen) atoms. The van der Waals surface area contributed by atoms with Gasteiger partial charge in [0.1, 0.15) is 0 Å². The molecule has 0 aliphatic carbocycles. The lowest BCUT2D eigenvalue weighted by molar-refractivity contribution is 0.0928. The highest BCUT2D eigenvalue weighted by Gasteiger charge is 2.28. The van der Waals surface area contributed by atoms with E-state index in [9.17, 15) is 22.4 Å². The second-order valence-corrected chi connectivity index (χ2v) is 3.63. The Morgan fingerprint density at radius 3 is 1.69 bits per heavy atom. The van der Waals surface area contributed by atoms with Crippen molar-refractivity contribution in [2.75, 3.05) is 0 Å². The zero-order chi connectivity index (χ0) is 12.6. The van der Waals surface area contributed by atoms with Crippen LogP contribution in [-0.4, -0.2) is 5.78 Å². The maximum absolute atomic E-state index is 13.3. The summed E-state index contributed by atoms with van der Waals surface area (Å²) in [7, 11) is 0. The number of hydrogen-bond acceptors (Lipinski definition) is 1. The summed E-state index contributed by atoms with van der Waals surface area (Å²) in [6.45, 7) is 5.59. The van der Waals surface area contributed by atoms with Crippen LogP contribution < -0.4 is 0 Å². The van der Waals surface area contributed by atoms with Crippen LogP contribution in [0.5, 0.6) is 0 Å². The second kappa shape index (κ2) is 4.23. The third kappa shape index (κ3) is 1.81. The molecule has 0 fully saturated rings. The molecule has 0 heterocycles. The zero-order valence-corrected chi connectivity index (χ0v) is 8.70. The van der Waals surface area contributed by atoms with Crippen molar-refractivity contribution in [2.45, 2.75) is 13.8 Å². The van der Waals surface area contributed by atoms with Crippen molar-refractivity contribution >= 4 is 5.78 Å². The van der Waals surface area contributed by atoms with Crippen molar-refractivity contribution in [1.29, 1.82) is 0 Å². The SMILES string of the molecule is [CH2]c1c(F)c(F)c(C(=O)C(C)C)c(F)c1F. The minimum atomic E-state index is -1.69. The quantitative estimate of drug-likeness (QED) is 0.435. The van der Waals surface area contributed by atoms with E-state index in [-0.39, 0.29) is 0 Å². The van der Waals surface area contributed by atoms with E-state index in [2.05, 4.69) is 6.92 Å². The Kier molecular flexibility index (Phi) is 3.35. The van der Waals surface area contributed by atoms with Gasteiger partial charge in [-0.25, -0.2) is 17.6 Å². The van der Waals surface area contributed by atoms with Crippen LogP contribution in [0.4, 0.5) is 17.6 Å². The van der Waals surface area contributed by atoms with Gasteiger partial charge in [-0.1, -0.05) is 13.8 Å². The first-order chi connectivity index (χ1) is 7.29. The molecule has 1 aromatic rings. The van der Waals surface area contributed by atoms with Gasteiger partial charge in [0.15, 0.2) is 29.1 Å². The Labute approximate surface area is 90.1 Å². The fraction of sp³-hybridized carbons (Fsp3) is 0.273. The molecule has 0 aliphatic rings. The first-order valence-corrected chi connectivity index (χ1v) is 4.51. The van der Waals surface area contributed by atoms with Crippen molar-refractivity contribution in [3.05, 3.63) is 41.3 Å². The van der Waals surface area contributed by atoms with Gasteiger partial charge in [-0.2, -0.15) is 0 Å². The lowest BCUT2D eigenvalue weighted by Gasteiger charge is -2.10. The number of halogens is 4. The van der Waals surface area contributed by atoms with Gasteiger partial charge in [-0.15, -0.1) is 0 Å². The molecule has 0 N–H and O–H groups in total. The van der Waals surface area contributed by atoms with Crippen LogP contribution in [0.1, 0.15) is 29.8 Å². The molecule has 1 nitrogen and oxygen atoms in total. The Balaban J connectivity index is 3.58. The minimum absolute atomic E-state index is 0.765. The maximum Gasteiger partial charge on any atom is 0.173 e. The predicted octanol–water partition coefficient (Wildman–Crippen LogP) is 3.26. The Morgan fingerprint density at radius 1 is 1.00 bits per heavy atom. The molecule has 0 amide bonds. The van der Waals surface area contributed by atoms with E-state index in [4.69, 9.17) is 0 Å². The Hall–Kier alpha value is -1.39. The van der Waals surface area contributed by atoms with Gasteiger partial charge in [0.05, 0.1) is 5.56 Å². The molecule has 87 valence electrons. The van der Waals surface area contributed by atoms with E-state index in [1.807, 2.05) is 0 Å². The summed E-state index contributed by atoms with van der Waals surface area (Å²) in [5, 5.41) is 0. The van der Waals surface area contributed by atoms with Crippen molar-refractivity contribution in [3.8, 4) is 0 Å². The van der Waals surface area contributed by atoms with Gasteiger partial charge < -0.3 is 0 Å². The molecule has 0 saturated heterocycles. The molecule has 0 spiro atoms. The summed E-state index contributed by atoms with van der Waals surface area (Å²) >= 11 is 0. The van der Waals surface area contributed by atoms with Gasteiger partial charge in [0, 0.05) is 11.5 Å². The molecule has 0 atom stereocenters. The molecule has 0 bridgehead atoms. The van der Waals surface area contributed by atoms with Crippen molar-refractivity contribution in [1.82, 2.24) is 0 Å². The third-order valence-corrected chi connectivity index (χ3v) is 2.13. The smallest absolute Gasteiger partial charge is 0.173 e. The average Bonchev–Trinajstić information content (AvgIpc) is 2.23. The molecule has 0 aromatic heterocycles. The summed E-state index contributed by atoms with van der Waals surface area (Å²) in [5.74, 6) is -8.41. The fourth-order valence-electron chi connectivity index (χ4n) is 1.18. The second-order valence-electron chi connectivity index (χ2n) is 3.63. The maximum atomic E-state index is 13.3. The summed E-state index contributed by atoms with van der Waals surface area (Å²) in [6.07, 6.45) is 0. The summed E-state index contributed by atoms with van der Waals surface area (Å²) in [6, 6.07) is 0. The predicted molar refractivity (Wildman–Crippen MR) is 49.9 cm³/mol. The highest BCUT2D eigenvalue weighted by atomic mass is 19.2. The number of ketones is 1. The minimum Gasteiger partial charge on any atom is -0.294 e. The van der Waals surface area contributed by atoms with Gasteiger partial charge in [0.2, 0.25) is 0 Å². The van der Waals surface area contributed by atoms with E-state index < -0.39 is 46.1 Å². The van der Waals surface area contributed by atoms with E-state index in [0.717, 1.165) is 0 Å². The standard InChI is InChI=1S/C11H9F4O/c1-4(2)11(16)6-9(14)7(12)5(3)8(13)10(6)15/h4H,3H2,1-2H3. The van der Waals surface area contributed by atoms with Crippen molar-refractivity contribution in [3.63, 3.8) is 0 Å². The molecule has 1 rings (SSSR count). The molecular formula is C11H9F4O. The van der Waals surface area contributed by atoms with Crippen LogP contribution in [-0.2, 0) is 0 Å². The Morgan fingerprint density at radius 2 is 1.38 bits per heavy atom. The van der Waals surface area contributed by atoms with Gasteiger partial charge in [-0.05, 0) is 6.92 Å². The van der Waals surface area contributed by atoms with Crippen LogP contribution in [0, 0.1) is 36.1 Å². The lowest BCUT2D eigenvalue weighted by atomic mass is 9.98. The van der Waals surface area contributed by atoms with E-state index in [1.54, 1.807) is 0 Å². The van der Waals surface area contributed by atoms with E-state index in [1.165, 1.54) is 13.8 Å². The number of hydrogen-bond donors (Lipinski definition) is 0. The highest BCUT2D eigenvalue weighted by molar-refractivity contribution is 5.98. The monoisotopic (exact) mass is 233 g/mol. The third-order valence-electron chi connectivity index (χ3n) is 2.13. The van der Waals surface area contributed by atoms with Crippen LogP contribution >= 0.6 is 0 Å². The number of benzene rings is 1. The van der Waals surface area contributed by atoms with E-state index in [0.29, 0.717) is 0 Å². The number of Topliss-reactive ketones (excluding diaryl/α,β-unsaturated/α-hetero) is 1. The van der Waals surface area contributed by atoms with E-state index >= 15 is 0 Å². The lowest BCUT2D eigenvalue weighted by Crippen LogP contribution is -2.16. The van der Waals surface area contributed by atoms with Crippen molar-refractivity contribution in [2.24, 2.45) is 5.92 Å². The summed E-state index contributed by atoms with van der Waals surface area (Å²) < 4.78 is 52.7. The van der Waals surface area contributed by atoms with Gasteiger partial charge >= 0.3 is 0 Å². The topological polar surface area (TPSA) is 17.1 Å². The van der Waals surface area contributed by atoms with Crippen LogP contribution in [0.2, 0.25) is 0 Å². The Bertz CT molecular complexity index is 423. The molecule has 1 aromatic carbocycles. The highest BCUT2D eigenvalue weighted by Crippen LogP contribution is 2.25. The molecule has 1 radical (unpaired) electrons.